The van der Waals surface area contributed by atoms with E-state index in [0.29, 0.717) is 24.3 Å². The summed E-state index contributed by atoms with van der Waals surface area (Å²) in [7, 11) is 3.26. The molecule has 2 heterocycles. The molecule has 31 heavy (non-hydrogen) atoms. The number of nitrogens with two attached hydrogens (primary N) is 1. The Balaban J connectivity index is 1.74. The summed E-state index contributed by atoms with van der Waals surface area (Å²) in [6, 6.07) is 13.9. The molecule has 0 radical (unpaired) electrons. The lowest BCUT2D eigenvalue weighted by Crippen LogP contribution is -2.46. The second kappa shape index (κ2) is 8.29. The molecule has 4 rings (SSSR count). The van der Waals surface area contributed by atoms with Crippen LogP contribution in [-0.4, -0.2) is 78.4 Å². The molecule has 0 saturated carbocycles. The lowest BCUT2D eigenvalue weighted by molar-refractivity contribution is -0.133. The first-order valence-corrected chi connectivity index (χ1v) is 10.2. The Morgan fingerprint density at radius 3 is 2.42 bits per heavy atom. The molecule has 0 bridgehead atoms. The zero-order valence-electron chi connectivity index (χ0n) is 17.7. The Labute approximate surface area is 181 Å². The van der Waals surface area contributed by atoms with E-state index in [1.54, 1.807) is 25.1 Å². The molecule has 4 amide bonds. The molecule has 0 aliphatic carbocycles. The van der Waals surface area contributed by atoms with Crippen molar-refractivity contribution in [2.45, 2.75) is 18.5 Å². The van der Waals surface area contributed by atoms with Crippen molar-refractivity contribution in [3.63, 3.8) is 0 Å². The molecule has 0 unspecified atom stereocenters. The number of amides is 4. The van der Waals surface area contributed by atoms with Crippen molar-refractivity contribution >= 4 is 17.8 Å². The minimum atomic E-state index is -0.537. The Hall–Kier alpha value is -3.55. The highest BCUT2D eigenvalue weighted by Crippen LogP contribution is 2.34. The monoisotopic (exact) mass is 422 g/mol. The van der Waals surface area contributed by atoms with Gasteiger partial charge < -0.3 is 25.2 Å². The summed E-state index contributed by atoms with van der Waals surface area (Å²) in [5.41, 5.74) is 7.54. The minimum absolute atomic E-state index is 0.0572. The second-order valence-electron chi connectivity index (χ2n) is 8.05. The van der Waals surface area contributed by atoms with Crippen LogP contribution in [0.5, 0.6) is 5.75 Å². The maximum atomic E-state index is 13.2. The van der Waals surface area contributed by atoms with E-state index in [1.165, 1.54) is 9.80 Å². The molecule has 8 nitrogen and oxygen atoms in total. The van der Waals surface area contributed by atoms with Gasteiger partial charge in [-0.25, -0.2) is 4.79 Å². The Morgan fingerprint density at radius 2 is 1.71 bits per heavy atom. The average molecular weight is 422 g/mol. The third kappa shape index (κ3) is 3.93. The molecule has 2 aromatic rings. The van der Waals surface area contributed by atoms with E-state index in [1.807, 2.05) is 42.5 Å². The van der Waals surface area contributed by atoms with Crippen LogP contribution < -0.4 is 10.5 Å². The summed E-state index contributed by atoms with van der Waals surface area (Å²) in [6.45, 7) is 0.580. The molecule has 0 aromatic heterocycles. The Morgan fingerprint density at radius 1 is 1.06 bits per heavy atom. The first-order chi connectivity index (χ1) is 14.9. The van der Waals surface area contributed by atoms with Crippen LogP contribution >= 0.6 is 0 Å². The predicted molar refractivity (Wildman–Crippen MR) is 116 cm³/mol. The van der Waals surface area contributed by atoms with Gasteiger partial charge in [0.2, 0.25) is 5.91 Å². The van der Waals surface area contributed by atoms with Gasteiger partial charge in [0.05, 0.1) is 18.6 Å². The standard InChI is InChI=1S/C23H26N4O4/c1-25-13-21(28)27-12-15(26(2)23(24)30)11-16(27)14-31-20-10-6-5-8-18(20)17-7-3-4-9-19(17)22(25)29/h3-10,15-16H,11-14H2,1-2H3,(H2,24,30)/t15-,16+/m1/s1. The minimum Gasteiger partial charge on any atom is -0.491 e. The number of benzene rings is 2. The van der Waals surface area contributed by atoms with E-state index in [9.17, 15) is 14.4 Å². The highest BCUT2D eigenvalue weighted by molar-refractivity contribution is 6.02. The van der Waals surface area contributed by atoms with Crippen LogP contribution in [-0.2, 0) is 4.79 Å². The number of hydrogen-bond donors (Lipinski definition) is 1. The molecular weight excluding hydrogens is 396 g/mol. The van der Waals surface area contributed by atoms with Gasteiger partial charge in [-0.2, -0.15) is 0 Å². The smallest absolute Gasteiger partial charge is 0.314 e. The maximum Gasteiger partial charge on any atom is 0.314 e. The van der Waals surface area contributed by atoms with Gasteiger partial charge in [0, 0.05) is 31.8 Å². The normalized spacial score (nSPS) is 21.2. The molecule has 2 aliphatic heterocycles. The van der Waals surface area contributed by atoms with Crippen LogP contribution in [0, 0.1) is 0 Å². The molecular formula is C23H26N4O4. The van der Waals surface area contributed by atoms with Crippen molar-refractivity contribution in [3.05, 3.63) is 54.1 Å². The number of likely N-dealkylation sites (N-methyl/N-ethyl adjacent to an activating group) is 2. The topological polar surface area (TPSA) is 96.2 Å². The zero-order valence-corrected chi connectivity index (χ0v) is 17.7. The summed E-state index contributed by atoms with van der Waals surface area (Å²) >= 11 is 0. The fourth-order valence-electron chi connectivity index (χ4n) is 4.29. The number of carbonyl (C=O) groups excluding carboxylic acids is 3. The third-order valence-electron chi connectivity index (χ3n) is 6.09. The van der Waals surface area contributed by atoms with Crippen molar-refractivity contribution in [3.8, 4) is 16.9 Å². The lowest BCUT2D eigenvalue weighted by atomic mass is 9.98. The van der Waals surface area contributed by atoms with E-state index < -0.39 is 6.03 Å². The lowest BCUT2D eigenvalue weighted by Gasteiger charge is -2.29. The summed E-state index contributed by atoms with van der Waals surface area (Å²) < 4.78 is 6.18. The molecule has 2 atom stereocenters. The Bertz CT molecular complexity index is 1020. The first-order valence-electron chi connectivity index (χ1n) is 10.2. The molecule has 1 saturated heterocycles. The maximum absolute atomic E-state index is 13.2. The van der Waals surface area contributed by atoms with Crippen LogP contribution in [0.15, 0.2) is 48.5 Å². The van der Waals surface area contributed by atoms with E-state index in [0.717, 1.165) is 11.1 Å². The summed E-state index contributed by atoms with van der Waals surface area (Å²) in [6.07, 6.45) is 0.557. The van der Waals surface area contributed by atoms with Crippen molar-refractivity contribution in [2.24, 2.45) is 5.73 Å². The number of fused-ring (bicyclic) bond motifs is 4. The van der Waals surface area contributed by atoms with Gasteiger partial charge in [0.25, 0.3) is 5.91 Å². The first kappa shape index (κ1) is 20.7. The SMILES string of the molecule is CN1CC(=O)N2C[C@H](N(C)C(N)=O)C[C@H]2COc2ccccc2-c2ccccc2C1=O. The fraction of sp³-hybridized carbons (Fsp3) is 0.348. The van der Waals surface area contributed by atoms with Crippen LogP contribution in [0.3, 0.4) is 0 Å². The third-order valence-corrected chi connectivity index (χ3v) is 6.09. The highest BCUT2D eigenvalue weighted by atomic mass is 16.5. The van der Waals surface area contributed by atoms with Crippen LogP contribution in [0.25, 0.3) is 11.1 Å². The number of para-hydroxylation sites is 1. The number of nitrogens with zero attached hydrogens (tertiary/aromatic N) is 3. The summed E-state index contributed by atoms with van der Waals surface area (Å²) in [4.78, 5) is 42.6. The number of ether oxygens (including phenoxy) is 1. The van der Waals surface area contributed by atoms with E-state index in [2.05, 4.69) is 0 Å². The summed E-state index contributed by atoms with van der Waals surface area (Å²) in [5.74, 6) is 0.224. The van der Waals surface area contributed by atoms with Crippen LogP contribution in [0.1, 0.15) is 16.8 Å². The van der Waals surface area contributed by atoms with Crippen molar-refractivity contribution < 1.29 is 19.1 Å². The number of primary amides is 1. The largest absolute Gasteiger partial charge is 0.491 e. The molecule has 162 valence electrons. The molecule has 1 fully saturated rings. The molecule has 8 heteroatoms. The van der Waals surface area contributed by atoms with Gasteiger partial charge in [0.1, 0.15) is 12.4 Å². The molecule has 0 spiro atoms. The van der Waals surface area contributed by atoms with Crippen molar-refractivity contribution in [1.29, 1.82) is 0 Å². The van der Waals surface area contributed by atoms with Crippen molar-refractivity contribution in [2.75, 3.05) is 33.8 Å². The molecule has 2 aliphatic rings. The number of rotatable bonds is 1. The molecule has 2 aromatic carbocycles. The number of urea groups is 1. The van der Waals surface area contributed by atoms with Crippen LogP contribution in [0.2, 0.25) is 0 Å². The summed E-state index contributed by atoms with van der Waals surface area (Å²) in [5, 5.41) is 0. The second-order valence-corrected chi connectivity index (χ2v) is 8.05. The quantitative estimate of drug-likeness (QED) is 0.758. The van der Waals surface area contributed by atoms with Crippen molar-refractivity contribution in [1.82, 2.24) is 14.7 Å². The zero-order chi connectivity index (χ0) is 22.1. The number of hydrogen-bond acceptors (Lipinski definition) is 4. The van der Waals surface area contributed by atoms with Gasteiger partial charge in [-0.3, -0.25) is 9.59 Å². The van der Waals surface area contributed by atoms with E-state index >= 15 is 0 Å². The van der Waals surface area contributed by atoms with Gasteiger partial charge in [-0.1, -0.05) is 36.4 Å². The van der Waals surface area contributed by atoms with Gasteiger partial charge in [-0.05, 0) is 24.1 Å². The van der Waals surface area contributed by atoms with Gasteiger partial charge in [-0.15, -0.1) is 0 Å². The van der Waals surface area contributed by atoms with Crippen LogP contribution in [0.4, 0.5) is 4.79 Å². The predicted octanol–water partition coefficient (Wildman–Crippen LogP) is 1.80. The van der Waals surface area contributed by atoms with E-state index in [4.69, 9.17) is 10.5 Å². The average Bonchev–Trinajstić information content (AvgIpc) is 3.20. The number of carbonyl (C=O) groups is 3. The van der Waals surface area contributed by atoms with E-state index in [-0.39, 0.29) is 37.0 Å². The van der Waals surface area contributed by atoms with Gasteiger partial charge in [0.15, 0.2) is 0 Å². The van der Waals surface area contributed by atoms with Gasteiger partial charge >= 0.3 is 6.03 Å². The Kier molecular flexibility index (Phi) is 5.54. The fourth-order valence-corrected chi connectivity index (χ4v) is 4.29. The molecule has 2 N–H and O–H groups in total. The highest BCUT2D eigenvalue weighted by Gasteiger charge is 2.39.